The van der Waals surface area contributed by atoms with Crippen LogP contribution in [-0.4, -0.2) is 57.9 Å². The molecule has 20 heavy (non-hydrogen) atoms. The van der Waals surface area contributed by atoms with E-state index in [0.29, 0.717) is 18.8 Å². The summed E-state index contributed by atoms with van der Waals surface area (Å²) < 4.78 is 0. The zero-order valence-corrected chi connectivity index (χ0v) is 11.9. The van der Waals surface area contributed by atoms with Gasteiger partial charge in [-0.1, -0.05) is 6.92 Å². The first-order valence-electron chi connectivity index (χ1n) is 6.87. The van der Waals surface area contributed by atoms with Gasteiger partial charge in [-0.15, -0.1) is 0 Å². The number of amides is 1. The maximum Gasteiger partial charge on any atom is 0.274 e. The van der Waals surface area contributed by atoms with Crippen LogP contribution in [0, 0.1) is 18.3 Å². The molecular weight excluding hydrogens is 254 g/mol. The van der Waals surface area contributed by atoms with Crippen molar-refractivity contribution < 1.29 is 4.79 Å². The molecule has 1 amide bonds. The van der Waals surface area contributed by atoms with E-state index in [2.05, 4.69) is 20.9 Å². The Morgan fingerprint density at radius 3 is 2.55 bits per heavy atom. The highest BCUT2D eigenvalue weighted by atomic mass is 16.2. The van der Waals surface area contributed by atoms with Gasteiger partial charge >= 0.3 is 0 Å². The van der Waals surface area contributed by atoms with Crippen molar-refractivity contribution >= 4 is 5.91 Å². The fraction of sp³-hybridized carbons (Fsp3) is 0.571. The van der Waals surface area contributed by atoms with E-state index in [9.17, 15) is 4.79 Å². The van der Waals surface area contributed by atoms with E-state index < -0.39 is 0 Å². The third-order valence-electron chi connectivity index (χ3n) is 3.58. The van der Waals surface area contributed by atoms with Crippen molar-refractivity contribution in [2.24, 2.45) is 0 Å². The SMILES string of the molecule is CCC(C#N)N1CCN(C(=O)c2cnc(C)cn2)CC1. The minimum absolute atomic E-state index is 0.0496. The highest BCUT2D eigenvalue weighted by Gasteiger charge is 2.26. The van der Waals surface area contributed by atoms with E-state index in [1.54, 1.807) is 11.1 Å². The number of piperazine rings is 1. The molecule has 6 nitrogen and oxygen atoms in total. The highest BCUT2D eigenvalue weighted by Crippen LogP contribution is 2.11. The average Bonchev–Trinajstić information content (AvgIpc) is 2.49. The molecule has 1 aliphatic heterocycles. The minimum atomic E-state index is -0.0813. The van der Waals surface area contributed by atoms with Gasteiger partial charge in [-0.2, -0.15) is 5.26 Å². The molecule has 2 rings (SSSR count). The Morgan fingerprint density at radius 2 is 2.05 bits per heavy atom. The lowest BCUT2D eigenvalue weighted by atomic mass is 10.2. The second-order valence-electron chi connectivity index (χ2n) is 4.92. The largest absolute Gasteiger partial charge is 0.335 e. The van der Waals surface area contributed by atoms with Gasteiger partial charge in [-0.3, -0.25) is 14.7 Å². The van der Waals surface area contributed by atoms with Gasteiger partial charge in [-0.05, 0) is 13.3 Å². The third-order valence-corrected chi connectivity index (χ3v) is 3.58. The van der Waals surface area contributed by atoms with Crippen LogP contribution in [0.3, 0.4) is 0 Å². The quantitative estimate of drug-likeness (QED) is 0.816. The predicted molar refractivity (Wildman–Crippen MR) is 73.9 cm³/mol. The Balaban J connectivity index is 1.95. The molecule has 0 aromatic carbocycles. The molecule has 1 saturated heterocycles. The molecule has 0 bridgehead atoms. The third kappa shape index (κ3) is 3.11. The van der Waals surface area contributed by atoms with Crippen molar-refractivity contribution in [2.45, 2.75) is 26.3 Å². The van der Waals surface area contributed by atoms with Crippen LogP contribution < -0.4 is 0 Å². The van der Waals surface area contributed by atoms with E-state index in [1.807, 2.05) is 13.8 Å². The Bertz CT molecular complexity index is 499. The number of hydrogen-bond acceptors (Lipinski definition) is 5. The van der Waals surface area contributed by atoms with Crippen LogP contribution in [0.1, 0.15) is 29.5 Å². The van der Waals surface area contributed by atoms with Gasteiger partial charge in [0.2, 0.25) is 0 Å². The number of nitriles is 1. The first-order valence-corrected chi connectivity index (χ1v) is 6.87. The summed E-state index contributed by atoms with van der Waals surface area (Å²) in [5.41, 5.74) is 1.18. The normalized spacial score (nSPS) is 17.6. The number of aryl methyl sites for hydroxylation is 1. The number of carbonyl (C=O) groups is 1. The average molecular weight is 273 g/mol. The molecule has 0 N–H and O–H groups in total. The molecule has 0 radical (unpaired) electrons. The van der Waals surface area contributed by atoms with Crippen LogP contribution in [-0.2, 0) is 0 Å². The Labute approximate surface area is 119 Å². The number of rotatable bonds is 3. The van der Waals surface area contributed by atoms with E-state index >= 15 is 0 Å². The summed E-state index contributed by atoms with van der Waals surface area (Å²) in [6.45, 7) is 6.58. The van der Waals surface area contributed by atoms with Crippen LogP contribution in [0.5, 0.6) is 0 Å². The summed E-state index contributed by atoms with van der Waals surface area (Å²) >= 11 is 0. The maximum atomic E-state index is 12.3. The van der Waals surface area contributed by atoms with Gasteiger partial charge in [0.15, 0.2) is 0 Å². The number of hydrogen-bond donors (Lipinski definition) is 0. The summed E-state index contributed by atoms with van der Waals surface area (Å²) in [6.07, 6.45) is 3.94. The van der Waals surface area contributed by atoms with E-state index in [1.165, 1.54) is 6.20 Å². The lowest BCUT2D eigenvalue weighted by molar-refractivity contribution is 0.0598. The Hall–Kier alpha value is -2.00. The molecular formula is C14H19N5O. The van der Waals surface area contributed by atoms with E-state index in [0.717, 1.165) is 25.2 Å². The van der Waals surface area contributed by atoms with E-state index in [-0.39, 0.29) is 11.9 Å². The molecule has 1 unspecified atom stereocenters. The van der Waals surface area contributed by atoms with E-state index in [4.69, 9.17) is 5.26 Å². The standard InChI is InChI=1S/C14H19N5O/c1-3-12(8-15)18-4-6-19(7-5-18)14(20)13-10-16-11(2)9-17-13/h9-10,12H,3-7H2,1-2H3. The minimum Gasteiger partial charge on any atom is -0.335 e. The predicted octanol–water partition coefficient (Wildman–Crippen LogP) is 0.845. The molecule has 1 aromatic heterocycles. The summed E-state index contributed by atoms with van der Waals surface area (Å²) in [4.78, 5) is 24.4. The number of carbonyl (C=O) groups excluding carboxylic acids is 1. The smallest absolute Gasteiger partial charge is 0.274 e. The van der Waals surface area contributed by atoms with Gasteiger partial charge in [0.25, 0.3) is 5.91 Å². The maximum absolute atomic E-state index is 12.3. The molecule has 2 heterocycles. The van der Waals surface area contributed by atoms with Crippen molar-refractivity contribution in [3.8, 4) is 6.07 Å². The molecule has 1 atom stereocenters. The van der Waals surface area contributed by atoms with Gasteiger partial charge in [-0.25, -0.2) is 4.98 Å². The van der Waals surface area contributed by atoms with Crippen molar-refractivity contribution in [2.75, 3.05) is 26.2 Å². The van der Waals surface area contributed by atoms with Crippen molar-refractivity contribution in [3.63, 3.8) is 0 Å². The topological polar surface area (TPSA) is 73.1 Å². The molecule has 0 saturated carbocycles. The molecule has 0 spiro atoms. The van der Waals surface area contributed by atoms with Crippen LogP contribution >= 0.6 is 0 Å². The van der Waals surface area contributed by atoms with Gasteiger partial charge in [0.1, 0.15) is 5.69 Å². The van der Waals surface area contributed by atoms with Crippen LogP contribution in [0.2, 0.25) is 0 Å². The molecule has 106 valence electrons. The first kappa shape index (κ1) is 14.4. The monoisotopic (exact) mass is 273 g/mol. The van der Waals surface area contributed by atoms with Gasteiger partial charge in [0.05, 0.1) is 24.0 Å². The van der Waals surface area contributed by atoms with Crippen molar-refractivity contribution in [1.82, 2.24) is 19.8 Å². The fourth-order valence-electron chi connectivity index (χ4n) is 2.33. The highest BCUT2D eigenvalue weighted by molar-refractivity contribution is 5.92. The summed E-state index contributed by atoms with van der Waals surface area (Å²) in [5, 5.41) is 9.07. The zero-order chi connectivity index (χ0) is 14.5. The second kappa shape index (κ2) is 6.44. The second-order valence-corrected chi connectivity index (χ2v) is 4.92. The van der Waals surface area contributed by atoms with Gasteiger partial charge in [0, 0.05) is 32.4 Å². The van der Waals surface area contributed by atoms with Crippen LogP contribution in [0.4, 0.5) is 0 Å². The molecule has 1 aromatic rings. The summed E-state index contributed by atoms with van der Waals surface area (Å²) in [5.74, 6) is -0.0813. The number of aromatic nitrogens is 2. The fourth-order valence-corrected chi connectivity index (χ4v) is 2.33. The van der Waals surface area contributed by atoms with Crippen LogP contribution in [0.15, 0.2) is 12.4 Å². The lowest BCUT2D eigenvalue weighted by Gasteiger charge is -2.36. The Kier molecular flexibility index (Phi) is 4.64. The van der Waals surface area contributed by atoms with Gasteiger partial charge < -0.3 is 4.90 Å². The summed E-state index contributed by atoms with van der Waals surface area (Å²) in [6, 6.07) is 2.25. The number of nitrogens with zero attached hydrogens (tertiary/aromatic N) is 5. The lowest BCUT2D eigenvalue weighted by Crippen LogP contribution is -2.51. The zero-order valence-electron chi connectivity index (χ0n) is 11.9. The van der Waals surface area contributed by atoms with Crippen molar-refractivity contribution in [3.05, 3.63) is 23.8 Å². The summed E-state index contributed by atoms with van der Waals surface area (Å²) in [7, 11) is 0. The molecule has 0 aliphatic carbocycles. The molecule has 1 aliphatic rings. The Morgan fingerprint density at radius 1 is 1.35 bits per heavy atom. The molecule has 6 heteroatoms. The van der Waals surface area contributed by atoms with Crippen LogP contribution in [0.25, 0.3) is 0 Å². The molecule has 1 fully saturated rings. The first-order chi connectivity index (χ1) is 9.65. The van der Waals surface area contributed by atoms with Crippen molar-refractivity contribution in [1.29, 1.82) is 5.26 Å².